The number of anilines is 1. The molecule has 0 saturated heterocycles. The fourth-order valence-corrected chi connectivity index (χ4v) is 1.85. The number of aliphatic hydroxyl groups excluding tert-OH is 2. The van der Waals surface area contributed by atoms with Gasteiger partial charge in [0.25, 0.3) is 0 Å². The summed E-state index contributed by atoms with van der Waals surface area (Å²) in [5, 5.41) is 20.9. The van der Waals surface area contributed by atoms with Crippen LogP contribution in [0.25, 0.3) is 0 Å². The standard InChI is InChI=1S/C16H17NO4/c18-9-13-6-7-14(10-19)15(8-13)17-16(20)21-11-12-4-2-1-3-5-12/h1-8,18-19H,9-11H2,(H,17,20). The van der Waals surface area contributed by atoms with Crippen LogP contribution in [0.5, 0.6) is 0 Å². The molecule has 0 fully saturated rings. The number of nitrogens with one attached hydrogen (secondary N) is 1. The number of ether oxygens (including phenoxy) is 1. The van der Waals surface area contributed by atoms with Gasteiger partial charge in [-0.1, -0.05) is 42.5 Å². The van der Waals surface area contributed by atoms with Crippen LogP contribution in [-0.2, 0) is 24.6 Å². The van der Waals surface area contributed by atoms with E-state index in [0.29, 0.717) is 16.8 Å². The number of rotatable bonds is 5. The first-order valence-electron chi connectivity index (χ1n) is 6.54. The Morgan fingerprint density at radius 2 is 1.76 bits per heavy atom. The van der Waals surface area contributed by atoms with E-state index in [2.05, 4.69) is 5.32 Å². The molecule has 0 radical (unpaired) electrons. The SMILES string of the molecule is O=C(Nc1cc(CO)ccc1CO)OCc1ccccc1. The summed E-state index contributed by atoms with van der Waals surface area (Å²) in [6.45, 7) is -0.180. The molecule has 0 spiro atoms. The third-order valence-corrected chi connectivity index (χ3v) is 2.98. The highest BCUT2D eigenvalue weighted by Crippen LogP contribution is 2.18. The fraction of sp³-hybridized carbons (Fsp3) is 0.188. The maximum atomic E-state index is 11.8. The first-order valence-corrected chi connectivity index (χ1v) is 6.54. The van der Waals surface area contributed by atoms with Gasteiger partial charge in [0, 0.05) is 11.3 Å². The fourth-order valence-electron chi connectivity index (χ4n) is 1.85. The Morgan fingerprint density at radius 3 is 2.43 bits per heavy atom. The van der Waals surface area contributed by atoms with Crippen molar-refractivity contribution in [3.8, 4) is 0 Å². The van der Waals surface area contributed by atoms with E-state index in [-0.39, 0.29) is 19.8 Å². The zero-order chi connectivity index (χ0) is 15.1. The molecule has 0 heterocycles. The molecule has 0 unspecified atom stereocenters. The third-order valence-electron chi connectivity index (χ3n) is 2.98. The summed E-state index contributed by atoms with van der Waals surface area (Å²) in [5.74, 6) is 0. The Hall–Kier alpha value is -2.37. The van der Waals surface area contributed by atoms with Gasteiger partial charge in [0.2, 0.25) is 0 Å². The predicted molar refractivity (Wildman–Crippen MR) is 78.5 cm³/mol. The van der Waals surface area contributed by atoms with Crippen molar-refractivity contribution in [2.45, 2.75) is 19.8 Å². The summed E-state index contributed by atoms with van der Waals surface area (Å²) in [6, 6.07) is 14.3. The molecule has 110 valence electrons. The minimum Gasteiger partial charge on any atom is -0.444 e. The molecule has 2 aromatic rings. The van der Waals surface area contributed by atoms with Crippen LogP contribution in [0, 0.1) is 0 Å². The maximum Gasteiger partial charge on any atom is 0.411 e. The molecule has 5 nitrogen and oxygen atoms in total. The molecule has 0 aliphatic rings. The number of aliphatic hydroxyl groups is 2. The van der Waals surface area contributed by atoms with Crippen LogP contribution >= 0.6 is 0 Å². The van der Waals surface area contributed by atoms with E-state index in [1.807, 2.05) is 30.3 Å². The van der Waals surface area contributed by atoms with E-state index in [0.717, 1.165) is 5.56 Å². The van der Waals surface area contributed by atoms with Gasteiger partial charge in [0.05, 0.1) is 13.2 Å². The first-order chi connectivity index (χ1) is 10.2. The zero-order valence-corrected chi connectivity index (χ0v) is 11.5. The summed E-state index contributed by atoms with van der Waals surface area (Å²) in [4.78, 5) is 11.8. The van der Waals surface area contributed by atoms with Crippen molar-refractivity contribution in [3.63, 3.8) is 0 Å². The van der Waals surface area contributed by atoms with Crippen molar-refractivity contribution >= 4 is 11.8 Å². The minimum absolute atomic E-state index is 0.139. The van der Waals surface area contributed by atoms with Gasteiger partial charge in [0.1, 0.15) is 6.61 Å². The highest BCUT2D eigenvalue weighted by atomic mass is 16.5. The van der Waals surface area contributed by atoms with Gasteiger partial charge in [-0.2, -0.15) is 0 Å². The molecule has 0 saturated carbocycles. The topological polar surface area (TPSA) is 78.8 Å². The van der Waals surface area contributed by atoms with Crippen molar-refractivity contribution in [3.05, 3.63) is 65.2 Å². The molecule has 0 aliphatic heterocycles. The van der Waals surface area contributed by atoms with E-state index < -0.39 is 6.09 Å². The van der Waals surface area contributed by atoms with Crippen LogP contribution in [-0.4, -0.2) is 16.3 Å². The number of amides is 1. The second-order valence-electron chi connectivity index (χ2n) is 4.49. The van der Waals surface area contributed by atoms with Crippen LogP contribution in [0.4, 0.5) is 10.5 Å². The minimum atomic E-state index is -0.608. The quantitative estimate of drug-likeness (QED) is 0.789. The number of hydrogen-bond donors (Lipinski definition) is 3. The zero-order valence-electron chi connectivity index (χ0n) is 11.5. The summed E-state index contributed by atoms with van der Waals surface area (Å²) in [6.07, 6.45) is -0.608. The van der Waals surface area contributed by atoms with Gasteiger partial charge in [-0.15, -0.1) is 0 Å². The Morgan fingerprint density at radius 1 is 1.00 bits per heavy atom. The van der Waals surface area contributed by atoms with Crippen LogP contribution in [0.2, 0.25) is 0 Å². The summed E-state index contributed by atoms with van der Waals surface area (Å²) < 4.78 is 5.11. The second kappa shape index (κ2) is 7.42. The highest BCUT2D eigenvalue weighted by molar-refractivity contribution is 5.85. The predicted octanol–water partition coefficient (Wildman–Crippen LogP) is 2.42. The molecule has 21 heavy (non-hydrogen) atoms. The molecule has 2 aromatic carbocycles. The van der Waals surface area contributed by atoms with Crippen molar-refractivity contribution in [2.75, 3.05) is 5.32 Å². The lowest BCUT2D eigenvalue weighted by atomic mass is 10.1. The molecule has 0 atom stereocenters. The lowest BCUT2D eigenvalue weighted by molar-refractivity contribution is 0.155. The van der Waals surface area contributed by atoms with E-state index >= 15 is 0 Å². The van der Waals surface area contributed by atoms with Crippen molar-refractivity contribution < 1.29 is 19.7 Å². The van der Waals surface area contributed by atoms with Gasteiger partial charge in [-0.05, 0) is 17.2 Å². The summed E-state index contributed by atoms with van der Waals surface area (Å²) >= 11 is 0. The Labute approximate surface area is 122 Å². The average molecular weight is 287 g/mol. The Kier molecular flexibility index (Phi) is 5.31. The normalized spacial score (nSPS) is 10.2. The molecule has 3 N–H and O–H groups in total. The van der Waals surface area contributed by atoms with Crippen LogP contribution in [0.3, 0.4) is 0 Å². The molecule has 1 amide bonds. The Bertz CT molecular complexity index is 598. The number of carbonyl (C=O) groups is 1. The van der Waals surface area contributed by atoms with Gasteiger partial charge >= 0.3 is 6.09 Å². The molecule has 0 aliphatic carbocycles. The third kappa shape index (κ3) is 4.30. The van der Waals surface area contributed by atoms with Gasteiger partial charge in [-0.25, -0.2) is 4.79 Å². The van der Waals surface area contributed by atoms with Gasteiger partial charge in [-0.3, -0.25) is 5.32 Å². The van der Waals surface area contributed by atoms with E-state index in [1.54, 1.807) is 18.2 Å². The molecule has 2 rings (SSSR count). The van der Waals surface area contributed by atoms with E-state index in [1.165, 1.54) is 0 Å². The first kappa shape index (κ1) is 15.0. The van der Waals surface area contributed by atoms with E-state index in [4.69, 9.17) is 9.84 Å². The molecule has 0 aromatic heterocycles. The maximum absolute atomic E-state index is 11.8. The lowest BCUT2D eigenvalue weighted by Gasteiger charge is -2.11. The van der Waals surface area contributed by atoms with Crippen LogP contribution in [0.15, 0.2) is 48.5 Å². The van der Waals surface area contributed by atoms with Crippen molar-refractivity contribution in [1.29, 1.82) is 0 Å². The molecule has 0 bridgehead atoms. The number of hydrogen-bond acceptors (Lipinski definition) is 4. The highest BCUT2D eigenvalue weighted by Gasteiger charge is 2.08. The molecular weight excluding hydrogens is 270 g/mol. The van der Waals surface area contributed by atoms with Crippen LogP contribution < -0.4 is 5.32 Å². The summed E-state index contributed by atoms with van der Waals surface area (Å²) in [5.41, 5.74) is 2.52. The smallest absolute Gasteiger partial charge is 0.411 e. The van der Waals surface area contributed by atoms with Gasteiger partial charge in [0.15, 0.2) is 0 Å². The Balaban J connectivity index is 1.99. The van der Waals surface area contributed by atoms with Gasteiger partial charge < -0.3 is 14.9 Å². The lowest BCUT2D eigenvalue weighted by Crippen LogP contribution is -2.15. The van der Waals surface area contributed by atoms with Crippen LogP contribution in [0.1, 0.15) is 16.7 Å². The summed E-state index contributed by atoms with van der Waals surface area (Å²) in [7, 11) is 0. The van der Waals surface area contributed by atoms with Crippen molar-refractivity contribution in [1.82, 2.24) is 0 Å². The van der Waals surface area contributed by atoms with Crippen molar-refractivity contribution in [2.24, 2.45) is 0 Å². The number of benzene rings is 2. The van der Waals surface area contributed by atoms with E-state index in [9.17, 15) is 9.90 Å². The monoisotopic (exact) mass is 287 g/mol. The molecular formula is C16H17NO4. The second-order valence-corrected chi connectivity index (χ2v) is 4.49. The average Bonchev–Trinajstić information content (AvgIpc) is 2.54. The number of carbonyl (C=O) groups excluding carboxylic acids is 1. The molecule has 5 heteroatoms. The largest absolute Gasteiger partial charge is 0.444 e.